The third-order valence-electron chi connectivity index (χ3n) is 24.4. The van der Waals surface area contributed by atoms with Gasteiger partial charge in [-0.15, -0.1) is 0 Å². The Morgan fingerprint density at radius 3 is 1.63 bits per heavy atom. The lowest BCUT2D eigenvalue weighted by atomic mass is 9.41. The molecule has 0 aromatic rings. The molecule has 1 spiro atoms. The lowest BCUT2D eigenvalue weighted by Crippen LogP contribution is -2.66. The van der Waals surface area contributed by atoms with Crippen LogP contribution in [0.15, 0.2) is 11.6 Å². The molecule has 7 saturated heterocycles. The Labute approximate surface area is 574 Å². The molecule has 0 radical (unpaired) electrons. The first kappa shape index (κ1) is 77.7. The molecule has 0 aromatic carbocycles. The van der Waals surface area contributed by atoms with E-state index in [2.05, 4.69) is 47.6 Å². The number of carbonyl (C=O) groups is 2. The largest absolute Gasteiger partial charge is 0.462 e. The van der Waals surface area contributed by atoms with E-state index in [0.29, 0.717) is 38.5 Å². The second kappa shape index (κ2) is 30.4. The molecule has 568 valence electrons. The van der Waals surface area contributed by atoms with Crippen molar-refractivity contribution >= 4 is 11.9 Å². The van der Waals surface area contributed by atoms with Gasteiger partial charge in [-0.1, -0.05) is 53.2 Å². The van der Waals surface area contributed by atoms with Gasteiger partial charge in [-0.25, -0.2) is 0 Å². The third-order valence-corrected chi connectivity index (χ3v) is 24.4. The maximum absolute atomic E-state index is 14.8. The molecule has 7 aliphatic heterocycles. The Morgan fingerprint density at radius 1 is 0.545 bits per heavy atom. The Kier molecular flexibility index (Phi) is 23.9. The van der Waals surface area contributed by atoms with Crippen LogP contribution in [0.3, 0.4) is 0 Å². The molecule has 11 rings (SSSR count). The Bertz CT molecular complexity index is 2770. The lowest BCUT2D eigenvalue weighted by Gasteiger charge is -2.64. The number of esters is 2. The van der Waals surface area contributed by atoms with Gasteiger partial charge >= 0.3 is 11.9 Å². The zero-order chi connectivity index (χ0) is 71.9. The van der Waals surface area contributed by atoms with E-state index in [4.69, 9.17) is 75.8 Å². The molecule has 0 amide bonds. The van der Waals surface area contributed by atoms with Crippen LogP contribution in [0, 0.1) is 45.3 Å². The predicted octanol–water partition coefficient (Wildman–Crippen LogP) is -3.21. The second-order valence-corrected chi connectivity index (χ2v) is 31.0. The summed E-state index contributed by atoms with van der Waals surface area (Å²) in [5, 5.41) is 156. The van der Waals surface area contributed by atoms with Gasteiger partial charge in [0.05, 0.1) is 51.2 Å². The van der Waals surface area contributed by atoms with Crippen LogP contribution >= 0.6 is 0 Å². The fourth-order valence-electron chi connectivity index (χ4n) is 19.3. The number of ether oxygens (including phenoxy) is 16. The van der Waals surface area contributed by atoms with E-state index in [0.717, 1.165) is 19.3 Å². The van der Waals surface area contributed by atoms with Gasteiger partial charge in [-0.2, -0.15) is 0 Å². The molecule has 14 N–H and O–H groups in total. The average Bonchev–Trinajstić information content (AvgIpc) is 1.53. The first-order valence-corrected chi connectivity index (χ1v) is 35.0. The van der Waals surface area contributed by atoms with Gasteiger partial charge in [0, 0.05) is 38.9 Å². The molecule has 3 saturated carbocycles. The molecule has 10 fully saturated rings. The first-order chi connectivity index (χ1) is 46.8. The van der Waals surface area contributed by atoms with E-state index in [-0.39, 0.29) is 41.0 Å². The molecular weight excluding hydrogens is 1320 g/mol. The van der Waals surface area contributed by atoms with E-state index in [9.17, 15) is 81.1 Å². The summed E-state index contributed by atoms with van der Waals surface area (Å²) in [4.78, 5) is 27.1. The minimum Gasteiger partial charge on any atom is -0.462 e. The fraction of sp³-hybridized carbons (Fsp3) is 0.940. The molecule has 0 aromatic heterocycles. The number of allylic oxidation sites excluding steroid dienone is 2. The monoisotopic (exact) mass is 1420 g/mol. The Morgan fingerprint density at radius 2 is 1.05 bits per heavy atom. The molecule has 3 unspecified atom stereocenters. The van der Waals surface area contributed by atoms with E-state index in [1.54, 1.807) is 0 Å². The second-order valence-electron chi connectivity index (χ2n) is 31.0. The minimum atomic E-state index is -2.01. The standard InChI is InChI=1S/C67H108O32/c1-27(2)19-29(89-28(3)71)20-66(8)39-14-17-65(7)31-11-12-38-63(4,5)40(15-16-64(38,6)30(31)13-18-67(39,65)62(83)99-66)95-61-55(45(77)37(26-88-61)94-58-50(82)54(44(76)35(23-70)90-58)97-60-49(81)53(85-10)43(75)34(22-69)92-60)98-56-46(78)41(73)36(25-87-56)93-57-47(79)51(32(72)24-86-57)96-59-48(80)52(84-9)42(74)33(21-68)91-59/h11,27,29-30,32-61,68-70,72-82H,12-26H2,1-10H3/t29?,30?,32-,33-,34-,35-,36-,37-,38+,39-,40+,41+,42-,43-,44-,45+,46-,47-,48-,49-,50-,51+,52+,53+,54+,55-,56-,57+,58-,59+,60+,61+,64-,65+,66+,67?/m1/s1. The molecule has 7 heterocycles. The van der Waals surface area contributed by atoms with E-state index >= 15 is 0 Å². The van der Waals surface area contributed by atoms with Gasteiger partial charge in [0.2, 0.25) is 0 Å². The predicted molar refractivity (Wildman–Crippen MR) is 331 cm³/mol. The molecule has 11 aliphatic rings. The van der Waals surface area contributed by atoms with Crippen molar-refractivity contribution in [2.24, 2.45) is 45.3 Å². The zero-order valence-corrected chi connectivity index (χ0v) is 57.8. The van der Waals surface area contributed by atoms with Crippen LogP contribution in [-0.2, 0) is 85.4 Å². The Balaban J connectivity index is 0.818. The minimum absolute atomic E-state index is 0.0113. The van der Waals surface area contributed by atoms with Crippen molar-refractivity contribution in [1.82, 2.24) is 0 Å². The van der Waals surface area contributed by atoms with E-state index < -0.39 is 240 Å². The molecule has 0 bridgehead atoms. The summed E-state index contributed by atoms with van der Waals surface area (Å²) < 4.78 is 95.6. The van der Waals surface area contributed by atoms with Crippen LogP contribution in [-0.4, -0.2) is 321 Å². The fourth-order valence-corrected chi connectivity index (χ4v) is 19.3. The van der Waals surface area contributed by atoms with Gasteiger partial charge in [-0.05, 0) is 86.9 Å². The van der Waals surface area contributed by atoms with Crippen LogP contribution in [0.2, 0.25) is 0 Å². The summed E-state index contributed by atoms with van der Waals surface area (Å²) in [6.07, 6.45) is -37.4. The van der Waals surface area contributed by atoms with Crippen molar-refractivity contribution in [1.29, 1.82) is 0 Å². The number of hydrogen-bond acceptors (Lipinski definition) is 32. The average molecular weight is 1430 g/mol. The number of methoxy groups -OCH3 is 2. The highest BCUT2D eigenvalue weighted by atomic mass is 16.8. The highest BCUT2D eigenvalue weighted by Gasteiger charge is 2.76. The lowest BCUT2D eigenvalue weighted by molar-refractivity contribution is -0.389. The summed E-state index contributed by atoms with van der Waals surface area (Å²) >= 11 is 0. The smallest absolute Gasteiger partial charge is 0.313 e. The maximum atomic E-state index is 14.8. The molecule has 32 heteroatoms. The number of fused-ring (bicyclic) bond motifs is 4. The number of carbonyl (C=O) groups excluding carboxylic acids is 2. The third kappa shape index (κ3) is 14.0. The summed E-state index contributed by atoms with van der Waals surface area (Å²) in [6, 6.07) is 0. The quantitative estimate of drug-likeness (QED) is 0.0375. The Hall–Kier alpha value is -2.44. The van der Waals surface area contributed by atoms with Gasteiger partial charge < -0.3 is 147 Å². The summed E-state index contributed by atoms with van der Waals surface area (Å²) in [7, 11) is 2.39. The van der Waals surface area contributed by atoms with Crippen molar-refractivity contribution in [2.45, 2.75) is 297 Å². The summed E-state index contributed by atoms with van der Waals surface area (Å²) in [5.74, 6) is -0.337. The van der Waals surface area contributed by atoms with Gasteiger partial charge in [0.15, 0.2) is 37.7 Å². The van der Waals surface area contributed by atoms with Crippen molar-refractivity contribution < 1.29 is 157 Å². The van der Waals surface area contributed by atoms with Crippen LogP contribution in [0.1, 0.15) is 113 Å². The van der Waals surface area contributed by atoms with Crippen LogP contribution in [0.5, 0.6) is 0 Å². The van der Waals surface area contributed by atoms with Crippen LogP contribution < -0.4 is 0 Å². The molecule has 32 nitrogen and oxygen atoms in total. The molecule has 99 heavy (non-hydrogen) atoms. The number of rotatable bonds is 22. The molecule has 36 atom stereocenters. The van der Waals surface area contributed by atoms with Gasteiger partial charge in [0.1, 0.15) is 140 Å². The van der Waals surface area contributed by atoms with E-state index in [1.807, 2.05) is 6.92 Å². The first-order valence-electron chi connectivity index (χ1n) is 35.0. The van der Waals surface area contributed by atoms with Gasteiger partial charge in [-0.3, -0.25) is 9.59 Å². The number of aliphatic hydroxyl groups excluding tert-OH is 14. The van der Waals surface area contributed by atoms with E-state index in [1.165, 1.54) is 26.7 Å². The van der Waals surface area contributed by atoms with Crippen molar-refractivity contribution in [2.75, 3.05) is 53.9 Å². The van der Waals surface area contributed by atoms with Crippen LogP contribution in [0.25, 0.3) is 0 Å². The summed E-state index contributed by atoms with van der Waals surface area (Å²) in [6.45, 7) is 12.5. The number of cyclic esters (lactones) is 1. The molecular formula is C67H108O32. The molecule has 4 aliphatic carbocycles. The van der Waals surface area contributed by atoms with Crippen molar-refractivity contribution in [3.8, 4) is 0 Å². The van der Waals surface area contributed by atoms with Crippen molar-refractivity contribution in [3.63, 3.8) is 0 Å². The highest BCUT2D eigenvalue weighted by Crippen LogP contribution is 2.76. The normalized spacial score (nSPS) is 50.9. The summed E-state index contributed by atoms with van der Waals surface area (Å²) in [5.41, 5.74) is -1.78. The van der Waals surface area contributed by atoms with Gasteiger partial charge in [0.25, 0.3) is 0 Å². The number of aliphatic hydroxyl groups is 14. The number of hydrogen-bond donors (Lipinski definition) is 14. The van der Waals surface area contributed by atoms with Crippen LogP contribution in [0.4, 0.5) is 0 Å². The SMILES string of the molecule is CO[C@@H]1[C@@H](O)[C@H](O[C@@H]2[C@@H](O)[C@@H](O[C@@H]3CO[C@@H](O[C@H]4CC[C@]5(C)C6CCC78C(=O)O[C@@](C)(CC(CC(C)C)OC(C)=O)[C@H]7CC[C@@]8(C)C6=CC[C@H]5C4(C)C)[C@H](O[C@H]4OC[C@@H](O[C@@H]5OC[C@@H](O)[C@H](O[C@@H]6O[C@H](CO)[C@@H](O)[C@H](OC)[C@H]6O)[C@H]5O)[C@H](O)[C@H]4O)[C@H]3O)O[C@H](CO)[C@H]2O)O[C@H](CO)[C@H]1O. The topological polar surface area (TPSA) is 465 Å². The van der Waals surface area contributed by atoms with Crippen molar-refractivity contribution in [3.05, 3.63) is 11.6 Å². The zero-order valence-electron chi connectivity index (χ0n) is 57.8. The maximum Gasteiger partial charge on any atom is 0.313 e. The highest BCUT2D eigenvalue weighted by molar-refractivity contribution is 5.83.